The van der Waals surface area contributed by atoms with Gasteiger partial charge in [0, 0.05) is 37.1 Å². The van der Waals surface area contributed by atoms with Crippen LogP contribution in [0.15, 0.2) is 42.9 Å². The number of piperidine rings is 1. The lowest BCUT2D eigenvalue weighted by Crippen LogP contribution is -2.43. The van der Waals surface area contributed by atoms with Crippen LogP contribution >= 0.6 is 0 Å². The number of para-hydroxylation sites is 1. The van der Waals surface area contributed by atoms with Gasteiger partial charge in [0.15, 0.2) is 0 Å². The summed E-state index contributed by atoms with van der Waals surface area (Å²) in [4.78, 5) is 22.7. The number of nitrogens with zero attached hydrogens (tertiary/aromatic N) is 3. The molecule has 1 aromatic carbocycles. The number of anilines is 1. The number of carbonyl (C=O) groups is 1. The number of rotatable bonds is 5. The first-order valence-electron chi connectivity index (χ1n) is 8.18. The summed E-state index contributed by atoms with van der Waals surface area (Å²) in [5, 5.41) is 3.38. The summed E-state index contributed by atoms with van der Waals surface area (Å²) in [6.45, 7) is 1.51. The minimum Gasteiger partial charge on any atom is -0.496 e. The van der Waals surface area contributed by atoms with Gasteiger partial charge in [-0.15, -0.1) is 0 Å². The molecule has 6 heteroatoms. The monoisotopic (exact) mass is 326 g/mol. The van der Waals surface area contributed by atoms with E-state index in [0.29, 0.717) is 12.5 Å². The first kappa shape index (κ1) is 16.2. The zero-order valence-electron chi connectivity index (χ0n) is 13.8. The third-order valence-electron chi connectivity index (χ3n) is 4.30. The Morgan fingerprint density at radius 3 is 2.79 bits per heavy atom. The van der Waals surface area contributed by atoms with Gasteiger partial charge in [-0.25, -0.2) is 4.98 Å². The second kappa shape index (κ2) is 7.77. The average molecular weight is 326 g/mol. The number of hydrogen-bond acceptors (Lipinski definition) is 5. The van der Waals surface area contributed by atoms with E-state index in [4.69, 9.17) is 4.74 Å². The first-order valence-corrected chi connectivity index (χ1v) is 8.18. The number of ether oxygens (including phenoxy) is 1. The maximum absolute atomic E-state index is 12.5. The molecular formula is C18H22N4O2. The van der Waals surface area contributed by atoms with E-state index < -0.39 is 0 Å². The molecule has 1 fully saturated rings. The SMILES string of the molecule is COc1ccccc1CC(=O)N1CCC(Nc2cnccn2)CC1. The van der Waals surface area contributed by atoms with Crippen LogP contribution in [0.3, 0.4) is 0 Å². The molecular weight excluding hydrogens is 304 g/mol. The lowest BCUT2D eigenvalue weighted by atomic mass is 10.0. The predicted octanol–water partition coefficient (Wildman–Crippen LogP) is 2.13. The third kappa shape index (κ3) is 4.01. The second-order valence-corrected chi connectivity index (χ2v) is 5.88. The Morgan fingerprint density at radius 2 is 2.08 bits per heavy atom. The molecule has 6 nitrogen and oxygen atoms in total. The molecule has 1 aromatic heterocycles. The smallest absolute Gasteiger partial charge is 0.227 e. The molecule has 1 aliphatic heterocycles. The van der Waals surface area contributed by atoms with Crippen molar-refractivity contribution in [2.24, 2.45) is 0 Å². The molecule has 0 atom stereocenters. The number of hydrogen-bond donors (Lipinski definition) is 1. The van der Waals surface area contributed by atoms with Crippen LogP contribution in [0.25, 0.3) is 0 Å². The van der Waals surface area contributed by atoms with Crippen molar-refractivity contribution in [3.8, 4) is 5.75 Å². The van der Waals surface area contributed by atoms with Crippen LogP contribution < -0.4 is 10.1 Å². The molecule has 0 spiro atoms. The van der Waals surface area contributed by atoms with Crippen LogP contribution in [0.2, 0.25) is 0 Å². The highest BCUT2D eigenvalue weighted by molar-refractivity contribution is 5.79. The zero-order chi connectivity index (χ0) is 16.8. The number of methoxy groups -OCH3 is 1. The summed E-state index contributed by atoms with van der Waals surface area (Å²) in [5.74, 6) is 1.71. The molecule has 2 heterocycles. The number of aromatic nitrogens is 2. The second-order valence-electron chi connectivity index (χ2n) is 5.88. The topological polar surface area (TPSA) is 67.3 Å². The van der Waals surface area contributed by atoms with Gasteiger partial charge in [0.25, 0.3) is 0 Å². The van der Waals surface area contributed by atoms with Crippen molar-refractivity contribution >= 4 is 11.7 Å². The van der Waals surface area contributed by atoms with Crippen LogP contribution in [0.4, 0.5) is 5.82 Å². The molecule has 0 saturated carbocycles. The van der Waals surface area contributed by atoms with Crippen molar-refractivity contribution in [3.05, 3.63) is 48.4 Å². The summed E-state index contributed by atoms with van der Waals surface area (Å²) in [6.07, 6.45) is 7.26. The van der Waals surface area contributed by atoms with Crippen molar-refractivity contribution in [2.75, 3.05) is 25.5 Å². The molecule has 2 aromatic rings. The summed E-state index contributed by atoms with van der Waals surface area (Å²) >= 11 is 0. The molecule has 3 rings (SSSR count). The average Bonchev–Trinajstić information content (AvgIpc) is 2.63. The van der Waals surface area contributed by atoms with E-state index in [-0.39, 0.29) is 5.91 Å². The highest BCUT2D eigenvalue weighted by atomic mass is 16.5. The zero-order valence-corrected chi connectivity index (χ0v) is 13.8. The van der Waals surface area contributed by atoms with E-state index >= 15 is 0 Å². The summed E-state index contributed by atoms with van der Waals surface area (Å²) in [5.41, 5.74) is 0.935. The molecule has 0 bridgehead atoms. The van der Waals surface area contributed by atoms with Crippen LogP contribution in [0.1, 0.15) is 18.4 Å². The van der Waals surface area contributed by atoms with E-state index in [0.717, 1.165) is 43.1 Å². The van der Waals surface area contributed by atoms with Gasteiger partial charge >= 0.3 is 0 Å². The Labute approximate surface area is 141 Å². The molecule has 0 radical (unpaired) electrons. The molecule has 1 N–H and O–H groups in total. The summed E-state index contributed by atoms with van der Waals surface area (Å²) in [7, 11) is 1.63. The van der Waals surface area contributed by atoms with Gasteiger partial charge in [-0.05, 0) is 18.9 Å². The molecule has 0 aliphatic carbocycles. The lowest BCUT2D eigenvalue weighted by Gasteiger charge is -2.32. The molecule has 1 aliphatic rings. The van der Waals surface area contributed by atoms with Crippen molar-refractivity contribution in [1.29, 1.82) is 0 Å². The molecule has 1 saturated heterocycles. The number of carbonyl (C=O) groups excluding carboxylic acids is 1. The first-order chi connectivity index (χ1) is 11.8. The Morgan fingerprint density at radius 1 is 1.29 bits per heavy atom. The molecule has 0 unspecified atom stereocenters. The van der Waals surface area contributed by atoms with Gasteiger partial charge in [0.2, 0.25) is 5.91 Å². The fraction of sp³-hybridized carbons (Fsp3) is 0.389. The minimum atomic E-state index is 0.150. The van der Waals surface area contributed by atoms with Gasteiger partial charge < -0.3 is 15.0 Å². The number of nitrogens with one attached hydrogen (secondary N) is 1. The van der Waals surface area contributed by atoms with Crippen molar-refractivity contribution in [3.63, 3.8) is 0 Å². The number of likely N-dealkylation sites (tertiary alicyclic amines) is 1. The molecule has 24 heavy (non-hydrogen) atoms. The van der Waals surface area contributed by atoms with Crippen molar-refractivity contribution in [2.45, 2.75) is 25.3 Å². The molecule has 1 amide bonds. The third-order valence-corrected chi connectivity index (χ3v) is 4.30. The van der Waals surface area contributed by atoms with Gasteiger partial charge in [-0.3, -0.25) is 9.78 Å². The standard InChI is InChI=1S/C18H22N4O2/c1-24-16-5-3-2-4-14(16)12-18(23)22-10-6-15(7-11-22)21-17-13-19-8-9-20-17/h2-5,8-9,13,15H,6-7,10-12H2,1H3,(H,20,21). The normalized spacial score (nSPS) is 15.1. The van der Waals surface area contributed by atoms with Crippen LogP contribution in [0.5, 0.6) is 5.75 Å². The van der Waals surface area contributed by atoms with Gasteiger partial charge in [0.1, 0.15) is 11.6 Å². The molecule has 126 valence electrons. The van der Waals surface area contributed by atoms with Crippen LogP contribution in [0, 0.1) is 0 Å². The van der Waals surface area contributed by atoms with Crippen LogP contribution in [-0.2, 0) is 11.2 Å². The van der Waals surface area contributed by atoms with Crippen LogP contribution in [-0.4, -0.2) is 47.0 Å². The highest BCUT2D eigenvalue weighted by Gasteiger charge is 2.23. The Kier molecular flexibility index (Phi) is 5.25. The van der Waals surface area contributed by atoms with Gasteiger partial charge in [-0.1, -0.05) is 18.2 Å². The van der Waals surface area contributed by atoms with Gasteiger partial charge in [0.05, 0.1) is 19.7 Å². The maximum atomic E-state index is 12.5. The summed E-state index contributed by atoms with van der Waals surface area (Å²) in [6, 6.07) is 8.01. The van der Waals surface area contributed by atoms with E-state index in [1.807, 2.05) is 29.2 Å². The minimum absolute atomic E-state index is 0.150. The van der Waals surface area contributed by atoms with Gasteiger partial charge in [-0.2, -0.15) is 0 Å². The van der Waals surface area contributed by atoms with E-state index in [9.17, 15) is 4.79 Å². The fourth-order valence-corrected chi connectivity index (χ4v) is 2.98. The Balaban J connectivity index is 1.52. The maximum Gasteiger partial charge on any atom is 0.227 e. The fourth-order valence-electron chi connectivity index (χ4n) is 2.98. The summed E-state index contributed by atoms with van der Waals surface area (Å²) < 4.78 is 5.32. The Hall–Kier alpha value is -2.63. The predicted molar refractivity (Wildman–Crippen MR) is 92.0 cm³/mol. The number of amides is 1. The van der Waals surface area contributed by atoms with Crippen molar-refractivity contribution < 1.29 is 9.53 Å². The highest BCUT2D eigenvalue weighted by Crippen LogP contribution is 2.20. The Bertz CT molecular complexity index is 670. The largest absolute Gasteiger partial charge is 0.496 e. The van der Waals surface area contributed by atoms with E-state index in [1.165, 1.54) is 0 Å². The number of benzene rings is 1. The van der Waals surface area contributed by atoms with E-state index in [1.54, 1.807) is 25.7 Å². The quantitative estimate of drug-likeness (QED) is 0.912. The van der Waals surface area contributed by atoms with E-state index in [2.05, 4.69) is 15.3 Å². The van der Waals surface area contributed by atoms with Crippen molar-refractivity contribution in [1.82, 2.24) is 14.9 Å². The lowest BCUT2D eigenvalue weighted by molar-refractivity contribution is -0.131.